The third kappa shape index (κ3) is 3.64. The summed E-state index contributed by atoms with van der Waals surface area (Å²) in [4.78, 5) is 8.22. The van der Waals surface area contributed by atoms with Crippen LogP contribution in [0.2, 0.25) is 0 Å². The molecule has 0 bridgehead atoms. The van der Waals surface area contributed by atoms with Gasteiger partial charge in [0.15, 0.2) is 5.82 Å². The van der Waals surface area contributed by atoms with E-state index in [-0.39, 0.29) is 5.95 Å². The first-order chi connectivity index (χ1) is 13.8. The van der Waals surface area contributed by atoms with Gasteiger partial charge in [-0.1, -0.05) is 29.8 Å². The second-order valence-corrected chi connectivity index (χ2v) is 6.32. The molecule has 2 N–H and O–H groups in total. The lowest BCUT2D eigenvalue weighted by atomic mass is 10.0. The molecule has 0 spiro atoms. The first kappa shape index (κ1) is 18.5. The van der Waals surface area contributed by atoms with Gasteiger partial charge >= 0.3 is 6.18 Å². The highest BCUT2D eigenvalue weighted by Crippen LogP contribution is 2.33. The van der Waals surface area contributed by atoms with E-state index in [1.54, 1.807) is 0 Å². The molecule has 7 nitrogen and oxygen atoms in total. The minimum atomic E-state index is -4.43. The van der Waals surface area contributed by atoms with Crippen LogP contribution >= 0.6 is 0 Å². The Kier molecular flexibility index (Phi) is 4.45. The fraction of sp³-hybridized carbons (Fsp3) is 0.105. The van der Waals surface area contributed by atoms with Crippen molar-refractivity contribution in [2.45, 2.75) is 13.1 Å². The van der Waals surface area contributed by atoms with Crippen LogP contribution in [0.5, 0.6) is 0 Å². The maximum absolute atomic E-state index is 12.9. The number of alkyl halides is 3. The minimum absolute atomic E-state index is 0.0157. The van der Waals surface area contributed by atoms with E-state index >= 15 is 0 Å². The van der Waals surface area contributed by atoms with Crippen molar-refractivity contribution in [3.8, 4) is 28.3 Å². The number of aryl methyl sites for hydroxylation is 1. The third-order valence-electron chi connectivity index (χ3n) is 4.28. The lowest BCUT2D eigenvalue weighted by Crippen LogP contribution is -2.05. The Labute approximate surface area is 163 Å². The molecule has 4 rings (SSSR count). The molecule has 4 aromatic rings. The van der Waals surface area contributed by atoms with Gasteiger partial charge in [-0.2, -0.15) is 17.9 Å². The van der Waals surface area contributed by atoms with Gasteiger partial charge in [-0.25, -0.2) is 9.97 Å². The molecule has 2 aromatic carbocycles. The Hall–Kier alpha value is -3.82. The summed E-state index contributed by atoms with van der Waals surface area (Å²) in [6.07, 6.45) is -2.98. The Bertz CT molecular complexity index is 1150. The predicted octanol–water partition coefficient (Wildman–Crippen LogP) is 3.70. The smallest absolute Gasteiger partial charge is 0.368 e. The van der Waals surface area contributed by atoms with Crippen molar-refractivity contribution in [2.75, 3.05) is 5.73 Å². The van der Waals surface area contributed by atoms with Crippen molar-refractivity contribution in [3.63, 3.8) is 0 Å². The fourth-order valence-electron chi connectivity index (χ4n) is 2.81. The Morgan fingerprint density at radius 1 is 0.966 bits per heavy atom. The van der Waals surface area contributed by atoms with E-state index in [9.17, 15) is 13.2 Å². The summed E-state index contributed by atoms with van der Waals surface area (Å²) in [6.45, 7) is 1.96. The van der Waals surface area contributed by atoms with E-state index in [1.165, 1.54) is 23.0 Å². The lowest BCUT2D eigenvalue weighted by Gasteiger charge is -2.11. The molecule has 2 heterocycles. The van der Waals surface area contributed by atoms with Gasteiger partial charge < -0.3 is 5.73 Å². The number of halogens is 3. The van der Waals surface area contributed by atoms with Crippen molar-refractivity contribution in [1.82, 2.24) is 30.2 Å². The van der Waals surface area contributed by atoms with Gasteiger partial charge in [0.05, 0.1) is 22.5 Å². The van der Waals surface area contributed by atoms with Crippen LogP contribution in [0.15, 0.2) is 54.7 Å². The summed E-state index contributed by atoms with van der Waals surface area (Å²) in [7, 11) is 0. The molecule has 0 amide bonds. The number of aromatic nitrogens is 6. The number of tetrazole rings is 1. The highest BCUT2D eigenvalue weighted by molar-refractivity contribution is 5.78. The van der Waals surface area contributed by atoms with E-state index in [4.69, 9.17) is 5.73 Å². The first-order valence-corrected chi connectivity index (χ1v) is 8.49. The Balaban J connectivity index is 1.84. The van der Waals surface area contributed by atoms with E-state index < -0.39 is 11.7 Å². The molecule has 29 heavy (non-hydrogen) atoms. The van der Waals surface area contributed by atoms with Gasteiger partial charge in [0.2, 0.25) is 5.95 Å². The number of hydrogen-bond acceptors (Lipinski definition) is 6. The van der Waals surface area contributed by atoms with Gasteiger partial charge in [0, 0.05) is 11.8 Å². The number of rotatable bonds is 3. The van der Waals surface area contributed by atoms with Crippen LogP contribution < -0.4 is 5.73 Å². The van der Waals surface area contributed by atoms with Crippen molar-refractivity contribution in [2.24, 2.45) is 0 Å². The first-order valence-electron chi connectivity index (χ1n) is 8.49. The molecule has 0 aliphatic carbocycles. The Morgan fingerprint density at radius 3 is 2.31 bits per heavy atom. The van der Waals surface area contributed by atoms with Crippen LogP contribution in [0.3, 0.4) is 0 Å². The summed E-state index contributed by atoms with van der Waals surface area (Å²) in [5, 5.41) is 11.8. The van der Waals surface area contributed by atoms with Crippen LogP contribution in [0, 0.1) is 6.92 Å². The van der Waals surface area contributed by atoms with Crippen molar-refractivity contribution >= 4 is 5.95 Å². The number of benzene rings is 2. The second-order valence-electron chi connectivity index (χ2n) is 6.32. The Morgan fingerprint density at radius 2 is 1.66 bits per heavy atom. The van der Waals surface area contributed by atoms with Crippen molar-refractivity contribution in [3.05, 3.63) is 65.9 Å². The molecular weight excluding hydrogens is 383 g/mol. The summed E-state index contributed by atoms with van der Waals surface area (Å²) in [5.41, 5.74) is 7.95. The second kappa shape index (κ2) is 6.97. The van der Waals surface area contributed by atoms with Crippen LogP contribution in [0.1, 0.15) is 11.1 Å². The summed E-state index contributed by atoms with van der Waals surface area (Å²) >= 11 is 0. The summed E-state index contributed by atoms with van der Waals surface area (Å²) < 4.78 is 40.1. The van der Waals surface area contributed by atoms with Crippen molar-refractivity contribution < 1.29 is 13.2 Å². The van der Waals surface area contributed by atoms with E-state index in [2.05, 4.69) is 25.5 Å². The van der Waals surface area contributed by atoms with Crippen LogP contribution in [0.4, 0.5) is 19.1 Å². The van der Waals surface area contributed by atoms with Gasteiger partial charge in [-0.15, -0.1) is 5.10 Å². The molecule has 0 aliphatic rings. The molecular formula is C19H14F3N7. The maximum Gasteiger partial charge on any atom is 0.416 e. The molecule has 0 saturated carbocycles. The van der Waals surface area contributed by atoms with E-state index in [0.717, 1.165) is 17.7 Å². The van der Waals surface area contributed by atoms with Crippen molar-refractivity contribution in [1.29, 1.82) is 0 Å². The van der Waals surface area contributed by atoms with Crippen LogP contribution in [-0.4, -0.2) is 30.2 Å². The standard InChI is InChI=1S/C19H14F3N7/c1-11-2-8-14(9-3-11)29-17(26-27-28-29)15-10-24-18(23)25-16(15)12-4-6-13(7-5-12)19(20,21)22/h2-10H,1H3,(H2,23,24,25). The molecule has 146 valence electrons. The number of nitrogen functional groups attached to an aromatic ring is 1. The van der Waals surface area contributed by atoms with Gasteiger partial charge in [-0.05, 0) is 41.6 Å². The minimum Gasteiger partial charge on any atom is -0.368 e. The number of nitrogens with zero attached hydrogens (tertiary/aromatic N) is 6. The highest BCUT2D eigenvalue weighted by atomic mass is 19.4. The monoisotopic (exact) mass is 397 g/mol. The number of anilines is 1. The molecule has 0 fully saturated rings. The summed E-state index contributed by atoms with van der Waals surface area (Å²) in [6, 6.07) is 12.2. The zero-order valence-electron chi connectivity index (χ0n) is 15.1. The van der Waals surface area contributed by atoms with Gasteiger partial charge in [-0.3, -0.25) is 0 Å². The number of nitrogens with two attached hydrogens (primary N) is 1. The molecule has 0 unspecified atom stereocenters. The number of hydrogen-bond donors (Lipinski definition) is 1. The zero-order chi connectivity index (χ0) is 20.6. The average Bonchev–Trinajstić information content (AvgIpc) is 3.17. The van der Waals surface area contributed by atoms with Crippen LogP contribution in [-0.2, 0) is 6.18 Å². The quantitative estimate of drug-likeness (QED) is 0.566. The fourth-order valence-corrected chi connectivity index (χ4v) is 2.81. The predicted molar refractivity (Wildman–Crippen MR) is 99.8 cm³/mol. The molecule has 0 aliphatic heterocycles. The van der Waals surface area contributed by atoms with Crippen LogP contribution in [0.25, 0.3) is 28.3 Å². The molecule has 0 atom stereocenters. The topological polar surface area (TPSA) is 95.4 Å². The normalized spacial score (nSPS) is 11.6. The maximum atomic E-state index is 12.9. The molecule has 10 heteroatoms. The molecule has 2 aromatic heterocycles. The average molecular weight is 397 g/mol. The van der Waals surface area contributed by atoms with Gasteiger partial charge in [0.1, 0.15) is 0 Å². The van der Waals surface area contributed by atoms with E-state index in [0.29, 0.717) is 28.3 Å². The molecule has 0 radical (unpaired) electrons. The zero-order valence-corrected chi connectivity index (χ0v) is 15.1. The van der Waals surface area contributed by atoms with E-state index in [1.807, 2.05) is 31.2 Å². The SMILES string of the molecule is Cc1ccc(-n2nnnc2-c2cnc(N)nc2-c2ccc(C(F)(F)F)cc2)cc1. The lowest BCUT2D eigenvalue weighted by molar-refractivity contribution is -0.137. The molecule has 0 saturated heterocycles. The highest BCUT2D eigenvalue weighted by Gasteiger charge is 2.30. The largest absolute Gasteiger partial charge is 0.416 e. The third-order valence-corrected chi connectivity index (χ3v) is 4.28. The van der Waals surface area contributed by atoms with Gasteiger partial charge in [0.25, 0.3) is 0 Å². The summed E-state index contributed by atoms with van der Waals surface area (Å²) in [5.74, 6) is 0.321.